The van der Waals surface area contributed by atoms with Gasteiger partial charge in [0.2, 0.25) is 5.91 Å². The highest BCUT2D eigenvalue weighted by Gasteiger charge is 2.20. The third-order valence-electron chi connectivity index (χ3n) is 2.96. The number of halogens is 1. The molecule has 3 nitrogen and oxygen atoms in total. The number of allylic oxidation sites excluding steroid dienone is 1. The first kappa shape index (κ1) is 13.1. The quantitative estimate of drug-likeness (QED) is 0.856. The van der Waals surface area contributed by atoms with E-state index in [0.717, 1.165) is 27.9 Å². The van der Waals surface area contributed by atoms with Gasteiger partial charge in [0.15, 0.2) is 0 Å². The van der Waals surface area contributed by atoms with Crippen molar-refractivity contribution in [2.75, 3.05) is 13.7 Å². The monoisotopic (exact) mass is 309 g/mol. The molecule has 0 spiro atoms. The summed E-state index contributed by atoms with van der Waals surface area (Å²) in [6, 6.07) is 5.85. The molecule has 0 saturated carbocycles. The lowest BCUT2D eigenvalue weighted by Gasteiger charge is -2.25. The molecule has 0 bridgehead atoms. The number of ether oxygens (including phenoxy) is 1. The number of carbonyl (C=O) groups excluding carboxylic acids is 1. The topological polar surface area (TPSA) is 29.5 Å². The van der Waals surface area contributed by atoms with Crippen LogP contribution in [0.1, 0.15) is 25.3 Å². The van der Waals surface area contributed by atoms with Crippen LogP contribution in [0.4, 0.5) is 0 Å². The Morgan fingerprint density at radius 1 is 1.44 bits per heavy atom. The molecule has 0 radical (unpaired) electrons. The minimum atomic E-state index is 0.160. The van der Waals surface area contributed by atoms with Crippen LogP contribution in [-0.2, 0) is 4.79 Å². The zero-order valence-electron chi connectivity index (χ0n) is 10.6. The molecule has 2 rings (SSSR count). The molecule has 1 aliphatic heterocycles. The van der Waals surface area contributed by atoms with Gasteiger partial charge in [-0.25, -0.2) is 0 Å². The van der Waals surface area contributed by atoms with Crippen molar-refractivity contribution < 1.29 is 9.53 Å². The molecule has 1 aromatic carbocycles. The highest BCUT2D eigenvalue weighted by Crippen LogP contribution is 2.32. The average molecular weight is 310 g/mol. The standard InChI is InChI=1S/C14H16BrNO2/c1-3-18-10-7-8-11(12(15)9-10)13-5-4-6-14(17)16(13)2/h5,7-9H,3-4,6H2,1-2H3. The maximum Gasteiger partial charge on any atom is 0.227 e. The second kappa shape index (κ2) is 5.57. The zero-order chi connectivity index (χ0) is 13.1. The molecule has 0 aromatic heterocycles. The fourth-order valence-corrected chi connectivity index (χ4v) is 2.58. The Labute approximate surface area is 116 Å². The lowest BCUT2D eigenvalue weighted by atomic mass is 10.0. The van der Waals surface area contributed by atoms with Crippen LogP contribution in [0.5, 0.6) is 5.75 Å². The number of carbonyl (C=O) groups is 1. The van der Waals surface area contributed by atoms with Gasteiger partial charge in [-0.15, -0.1) is 0 Å². The van der Waals surface area contributed by atoms with E-state index in [1.165, 1.54) is 0 Å². The number of amides is 1. The van der Waals surface area contributed by atoms with Crippen LogP contribution in [0.2, 0.25) is 0 Å². The number of rotatable bonds is 3. The molecule has 0 unspecified atom stereocenters. The van der Waals surface area contributed by atoms with Gasteiger partial charge in [-0.05, 0) is 47.5 Å². The first-order chi connectivity index (χ1) is 8.63. The van der Waals surface area contributed by atoms with Crippen molar-refractivity contribution in [2.45, 2.75) is 19.8 Å². The van der Waals surface area contributed by atoms with E-state index in [1.54, 1.807) is 4.90 Å². The summed E-state index contributed by atoms with van der Waals surface area (Å²) in [5, 5.41) is 0. The molecule has 0 atom stereocenters. The van der Waals surface area contributed by atoms with Gasteiger partial charge in [0.1, 0.15) is 5.75 Å². The van der Waals surface area contributed by atoms with Crippen LogP contribution in [0.15, 0.2) is 28.7 Å². The van der Waals surface area contributed by atoms with Crippen molar-refractivity contribution in [3.05, 3.63) is 34.3 Å². The first-order valence-corrected chi connectivity index (χ1v) is 6.82. The summed E-state index contributed by atoms with van der Waals surface area (Å²) in [6.07, 6.45) is 3.49. The fraction of sp³-hybridized carbons (Fsp3) is 0.357. The van der Waals surface area contributed by atoms with E-state index in [9.17, 15) is 4.79 Å². The number of nitrogens with zero attached hydrogens (tertiary/aromatic N) is 1. The summed E-state index contributed by atoms with van der Waals surface area (Å²) in [7, 11) is 1.82. The normalized spacial score (nSPS) is 15.6. The minimum absolute atomic E-state index is 0.160. The summed E-state index contributed by atoms with van der Waals surface area (Å²) in [5.74, 6) is 0.992. The maximum absolute atomic E-state index is 11.7. The third-order valence-corrected chi connectivity index (χ3v) is 3.61. The Hall–Kier alpha value is -1.29. The molecule has 1 heterocycles. The SMILES string of the molecule is CCOc1ccc(C2=CCCC(=O)N2C)c(Br)c1. The van der Waals surface area contributed by atoms with Crippen molar-refractivity contribution >= 4 is 27.5 Å². The van der Waals surface area contributed by atoms with Crippen molar-refractivity contribution in [3.8, 4) is 5.75 Å². The number of hydrogen-bond acceptors (Lipinski definition) is 2. The van der Waals surface area contributed by atoms with E-state index in [1.807, 2.05) is 32.2 Å². The average Bonchev–Trinajstić information content (AvgIpc) is 2.34. The van der Waals surface area contributed by atoms with Crippen LogP contribution in [-0.4, -0.2) is 24.5 Å². The molecule has 18 heavy (non-hydrogen) atoms. The molecule has 0 fully saturated rings. The summed E-state index contributed by atoms with van der Waals surface area (Å²) >= 11 is 3.54. The first-order valence-electron chi connectivity index (χ1n) is 6.03. The van der Waals surface area contributed by atoms with E-state index in [-0.39, 0.29) is 5.91 Å². The smallest absolute Gasteiger partial charge is 0.227 e. The molecule has 0 saturated heterocycles. The van der Waals surface area contributed by atoms with Gasteiger partial charge in [-0.3, -0.25) is 4.79 Å². The van der Waals surface area contributed by atoms with Crippen LogP contribution >= 0.6 is 15.9 Å². The van der Waals surface area contributed by atoms with Gasteiger partial charge in [0, 0.05) is 29.2 Å². The molecular weight excluding hydrogens is 294 g/mol. The Kier molecular flexibility index (Phi) is 4.07. The van der Waals surface area contributed by atoms with Crippen LogP contribution in [0, 0.1) is 0 Å². The van der Waals surface area contributed by atoms with E-state index in [2.05, 4.69) is 22.0 Å². The summed E-state index contributed by atoms with van der Waals surface area (Å²) in [6.45, 7) is 2.60. The molecule has 4 heteroatoms. The van der Waals surface area contributed by atoms with Crippen molar-refractivity contribution in [1.29, 1.82) is 0 Å². The van der Waals surface area contributed by atoms with Crippen molar-refractivity contribution in [1.82, 2.24) is 4.90 Å². The predicted molar refractivity (Wildman–Crippen MR) is 75.3 cm³/mol. The minimum Gasteiger partial charge on any atom is -0.494 e. The molecule has 1 aromatic rings. The van der Waals surface area contributed by atoms with Crippen molar-refractivity contribution in [2.24, 2.45) is 0 Å². The number of hydrogen-bond donors (Lipinski definition) is 0. The van der Waals surface area contributed by atoms with Crippen LogP contribution in [0.25, 0.3) is 5.70 Å². The Morgan fingerprint density at radius 2 is 2.22 bits per heavy atom. The number of benzene rings is 1. The molecule has 0 aliphatic carbocycles. The van der Waals surface area contributed by atoms with Crippen LogP contribution in [0.3, 0.4) is 0 Å². The van der Waals surface area contributed by atoms with Crippen molar-refractivity contribution in [3.63, 3.8) is 0 Å². The Bertz CT molecular complexity index is 497. The van der Waals surface area contributed by atoms with Gasteiger partial charge in [-0.2, -0.15) is 0 Å². The largest absolute Gasteiger partial charge is 0.494 e. The van der Waals surface area contributed by atoms with Crippen LogP contribution < -0.4 is 4.74 Å². The molecule has 1 amide bonds. The Balaban J connectivity index is 2.34. The van der Waals surface area contributed by atoms with Gasteiger partial charge in [0.25, 0.3) is 0 Å². The molecular formula is C14H16BrNO2. The van der Waals surface area contributed by atoms with Gasteiger partial charge in [0.05, 0.1) is 6.61 Å². The third kappa shape index (κ3) is 2.58. The highest BCUT2D eigenvalue weighted by molar-refractivity contribution is 9.10. The van der Waals surface area contributed by atoms with E-state index in [4.69, 9.17) is 4.74 Å². The predicted octanol–water partition coefficient (Wildman–Crippen LogP) is 3.44. The fourth-order valence-electron chi connectivity index (χ4n) is 2.02. The Morgan fingerprint density at radius 3 is 2.89 bits per heavy atom. The second-order valence-electron chi connectivity index (χ2n) is 4.16. The zero-order valence-corrected chi connectivity index (χ0v) is 12.2. The summed E-state index contributed by atoms with van der Waals surface area (Å²) in [5.41, 5.74) is 1.98. The second-order valence-corrected chi connectivity index (χ2v) is 5.01. The summed E-state index contributed by atoms with van der Waals surface area (Å²) in [4.78, 5) is 13.4. The highest BCUT2D eigenvalue weighted by atomic mass is 79.9. The maximum atomic E-state index is 11.7. The molecule has 1 aliphatic rings. The lowest BCUT2D eigenvalue weighted by molar-refractivity contribution is -0.127. The van der Waals surface area contributed by atoms with Gasteiger partial charge >= 0.3 is 0 Å². The molecule has 96 valence electrons. The van der Waals surface area contributed by atoms with Gasteiger partial charge < -0.3 is 9.64 Å². The lowest BCUT2D eigenvalue weighted by Crippen LogP contribution is -2.27. The van der Waals surface area contributed by atoms with E-state index in [0.29, 0.717) is 13.0 Å². The molecule has 0 N–H and O–H groups in total. The summed E-state index contributed by atoms with van der Waals surface area (Å²) < 4.78 is 6.39. The van der Waals surface area contributed by atoms with E-state index >= 15 is 0 Å². The van der Waals surface area contributed by atoms with Gasteiger partial charge in [-0.1, -0.05) is 6.08 Å². The van der Waals surface area contributed by atoms with E-state index < -0.39 is 0 Å².